The van der Waals surface area contributed by atoms with Crippen molar-refractivity contribution >= 4 is 11.8 Å². The fourth-order valence-corrected chi connectivity index (χ4v) is 5.07. The SMILES string of the molecule is COc1cc2c(cc1CO)OC[C@H]1C2=NOC1CN1CCN(C/C(C)=C/c2ccccc2)CC1. The lowest BCUT2D eigenvalue weighted by Crippen LogP contribution is -2.50. The summed E-state index contributed by atoms with van der Waals surface area (Å²) in [5, 5.41) is 14.0. The number of nitrogens with zero attached hydrogens (tertiary/aromatic N) is 3. The summed E-state index contributed by atoms with van der Waals surface area (Å²) in [4.78, 5) is 10.9. The van der Waals surface area contributed by atoms with Crippen LogP contribution in [0.1, 0.15) is 23.6 Å². The summed E-state index contributed by atoms with van der Waals surface area (Å²) in [6.07, 6.45) is 2.26. The molecular weight excluding hydrogens is 430 g/mol. The normalized spacial score (nSPS) is 22.9. The van der Waals surface area contributed by atoms with Crippen LogP contribution in [0.3, 0.4) is 0 Å². The van der Waals surface area contributed by atoms with E-state index in [0.29, 0.717) is 17.9 Å². The molecule has 3 aliphatic rings. The smallest absolute Gasteiger partial charge is 0.151 e. The van der Waals surface area contributed by atoms with Gasteiger partial charge in [-0.05, 0) is 24.6 Å². The van der Waals surface area contributed by atoms with E-state index >= 15 is 0 Å². The van der Waals surface area contributed by atoms with E-state index in [1.807, 2.05) is 12.1 Å². The van der Waals surface area contributed by atoms with Crippen molar-refractivity contribution in [3.05, 3.63) is 64.7 Å². The van der Waals surface area contributed by atoms with Crippen molar-refractivity contribution in [1.29, 1.82) is 0 Å². The number of fused-ring (bicyclic) bond motifs is 3. The van der Waals surface area contributed by atoms with Crippen LogP contribution in [0.15, 0.2) is 53.2 Å². The van der Waals surface area contributed by atoms with Crippen LogP contribution >= 0.6 is 0 Å². The summed E-state index contributed by atoms with van der Waals surface area (Å²) in [5.74, 6) is 1.48. The lowest BCUT2D eigenvalue weighted by molar-refractivity contribution is 0.0101. The maximum absolute atomic E-state index is 9.59. The molecule has 5 rings (SSSR count). The second-order valence-corrected chi connectivity index (χ2v) is 9.33. The molecule has 0 amide bonds. The highest BCUT2D eigenvalue weighted by Gasteiger charge is 2.41. The van der Waals surface area contributed by atoms with E-state index < -0.39 is 0 Å². The third-order valence-corrected chi connectivity index (χ3v) is 6.92. The van der Waals surface area contributed by atoms with Crippen LogP contribution in [-0.2, 0) is 11.4 Å². The molecule has 1 N–H and O–H groups in total. The van der Waals surface area contributed by atoms with Gasteiger partial charge in [0.2, 0.25) is 0 Å². The topological polar surface area (TPSA) is 66.8 Å². The van der Waals surface area contributed by atoms with Crippen LogP contribution < -0.4 is 9.47 Å². The van der Waals surface area contributed by atoms with Gasteiger partial charge < -0.3 is 19.4 Å². The molecule has 180 valence electrons. The molecule has 1 saturated heterocycles. The zero-order valence-electron chi connectivity index (χ0n) is 19.9. The van der Waals surface area contributed by atoms with Crippen molar-refractivity contribution in [1.82, 2.24) is 9.80 Å². The average Bonchev–Trinajstić information content (AvgIpc) is 3.28. The first-order valence-electron chi connectivity index (χ1n) is 12.0. The Hall–Kier alpha value is -2.87. The molecule has 0 aliphatic carbocycles. The van der Waals surface area contributed by atoms with Crippen LogP contribution in [0.4, 0.5) is 0 Å². The fraction of sp³-hybridized carbons (Fsp3) is 0.444. The van der Waals surface area contributed by atoms with Crippen molar-refractivity contribution in [2.24, 2.45) is 11.1 Å². The van der Waals surface area contributed by atoms with Gasteiger partial charge in [-0.3, -0.25) is 9.80 Å². The van der Waals surface area contributed by atoms with Gasteiger partial charge in [-0.25, -0.2) is 0 Å². The molecule has 0 spiro atoms. The Kier molecular flexibility index (Phi) is 6.85. The Labute approximate surface area is 201 Å². The molecule has 0 radical (unpaired) electrons. The Morgan fingerprint density at radius 2 is 1.91 bits per heavy atom. The number of piperazine rings is 1. The first-order chi connectivity index (χ1) is 16.6. The largest absolute Gasteiger partial charge is 0.496 e. The molecular formula is C27H33N3O4. The summed E-state index contributed by atoms with van der Waals surface area (Å²) >= 11 is 0. The number of aliphatic hydroxyl groups is 1. The third-order valence-electron chi connectivity index (χ3n) is 6.92. The van der Waals surface area contributed by atoms with Crippen LogP contribution in [0, 0.1) is 5.92 Å². The number of oxime groups is 1. The Bertz CT molecular complexity index is 1060. The second-order valence-electron chi connectivity index (χ2n) is 9.33. The van der Waals surface area contributed by atoms with Gasteiger partial charge in [-0.15, -0.1) is 0 Å². The van der Waals surface area contributed by atoms with Gasteiger partial charge in [-0.1, -0.05) is 47.1 Å². The van der Waals surface area contributed by atoms with Crippen molar-refractivity contribution in [2.45, 2.75) is 19.6 Å². The first-order valence-corrected chi connectivity index (χ1v) is 12.0. The van der Waals surface area contributed by atoms with E-state index in [4.69, 9.17) is 14.3 Å². The summed E-state index contributed by atoms with van der Waals surface area (Å²) in [7, 11) is 1.61. The third kappa shape index (κ3) is 4.82. The van der Waals surface area contributed by atoms with Crippen molar-refractivity contribution in [2.75, 3.05) is 53.0 Å². The van der Waals surface area contributed by atoms with Gasteiger partial charge in [-0.2, -0.15) is 0 Å². The number of rotatable bonds is 7. The molecule has 2 aromatic carbocycles. The van der Waals surface area contributed by atoms with E-state index in [9.17, 15) is 5.11 Å². The molecule has 7 nitrogen and oxygen atoms in total. The molecule has 0 bridgehead atoms. The predicted octanol–water partition coefficient (Wildman–Crippen LogP) is 3.02. The van der Waals surface area contributed by atoms with E-state index in [1.165, 1.54) is 11.1 Å². The van der Waals surface area contributed by atoms with E-state index in [0.717, 1.165) is 56.3 Å². The van der Waals surface area contributed by atoms with Gasteiger partial charge in [0.15, 0.2) is 6.10 Å². The highest BCUT2D eigenvalue weighted by atomic mass is 16.6. The number of benzene rings is 2. The van der Waals surface area contributed by atoms with Crippen LogP contribution in [0.25, 0.3) is 6.08 Å². The molecule has 0 saturated carbocycles. The lowest BCUT2D eigenvalue weighted by atomic mass is 9.89. The molecule has 0 aromatic heterocycles. The minimum atomic E-state index is -0.0948. The van der Waals surface area contributed by atoms with Crippen LogP contribution in [0.2, 0.25) is 0 Å². The highest BCUT2D eigenvalue weighted by Crippen LogP contribution is 2.38. The fourth-order valence-electron chi connectivity index (χ4n) is 5.07. The summed E-state index contributed by atoms with van der Waals surface area (Å²) in [6.45, 7) is 8.63. The minimum absolute atomic E-state index is 0.0158. The highest BCUT2D eigenvalue weighted by molar-refractivity contribution is 6.06. The monoisotopic (exact) mass is 463 g/mol. The number of methoxy groups -OCH3 is 1. The van der Waals surface area contributed by atoms with Crippen molar-refractivity contribution in [3.8, 4) is 11.5 Å². The lowest BCUT2D eigenvalue weighted by Gasteiger charge is -2.36. The average molecular weight is 464 g/mol. The molecule has 34 heavy (non-hydrogen) atoms. The standard InChI is InChI=1S/C27H33N3O4/c1-19(12-20-6-4-3-5-7-20)15-29-8-10-30(11-9-29)16-26-23-18-33-25-13-21(17-31)24(32-2)14-22(25)27(23)28-34-26/h3-7,12-14,23,26,31H,8-11,15-18H2,1-2H3/b19-12+/t23-,26?/m1/s1. The van der Waals surface area contributed by atoms with Crippen LogP contribution in [-0.4, -0.2) is 79.7 Å². The number of ether oxygens (including phenoxy) is 2. The quantitative estimate of drug-likeness (QED) is 0.681. The second kappa shape index (κ2) is 10.2. The number of aliphatic hydroxyl groups excluding tert-OH is 1. The molecule has 1 unspecified atom stereocenters. The molecule has 3 aliphatic heterocycles. The molecule has 1 fully saturated rings. The van der Waals surface area contributed by atoms with E-state index in [-0.39, 0.29) is 18.6 Å². The minimum Gasteiger partial charge on any atom is -0.496 e. The molecule has 2 aromatic rings. The van der Waals surface area contributed by atoms with Crippen LogP contribution in [0.5, 0.6) is 11.5 Å². The maximum atomic E-state index is 9.59. The molecule has 2 atom stereocenters. The van der Waals surface area contributed by atoms with Crippen molar-refractivity contribution in [3.63, 3.8) is 0 Å². The molecule has 3 heterocycles. The first kappa shape index (κ1) is 22.9. The van der Waals surface area contributed by atoms with E-state index in [2.05, 4.69) is 58.3 Å². The van der Waals surface area contributed by atoms with Crippen molar-refractivity contribution < 1.29 is 19.4 Å². The van der Waals surface area contributed by atoms with Gasteiger partial charge in [0.25, 0.3) is 0 Å². The summed E-state index contributed by atoms with van der Waals surface area (Å²) in [6, 6.07) is 14.3. The Morgan fingerprint density at radius 1 is 1.15 bits per heavy atom. The predicted molar refractivity (Wildman–Crippen MR) is 132 cm³/mol. The molecule has 7 heteroatoms. The zero-order valence-corrected chi connectivity index (χ0v) is 19.9. The number of hydrogen-bond donors (Lipinski definition) is 1. The Morgan fingerprint density at radius 3 is 2.65 bits per heavy atom. The van der Waals surface area contributed by atoms with Gasteiger partial charge in [0.1, 0.15) is 23.8 Å². The van der Waals surface area contributed by atoms with Gasteiger partial charge >= 0.3 is 0 Å². The zero-order chi connectivity index (χ0) is 23.5. The van der Waals surface area contributed by atoms with E-state index in [1.54, 1.807) is 7.11 Å². The Balaban J connectivity index is 1.15. The van der Waals surface area contributed by atoms with Gasteiger partial charge in [0, 0.05) is 50.4 Å². The summed E-state index contributed by atoms with van der Waals surface area (Å²) < 4.78 is 11.5. The summed E-state index contributed by atoms with van der Waals surface area (Å²) in [5.41, 5.74) is 5.18. The maximum Gasteiger partial charge on any atom is 0.151 e. The number of hydrogen-bond acceptors (Lipinski definition) is 7. The van der Waals surface area contributed by atoms with Gasteiger partial charge in [0.05, 0.1) is 19.6 Å².